The van der Waals surface area contributed by atoms with Crippen molar-refractivity contribution in [3.8, 4) is 5.75 Å². The number of anilines is 1. The van der Waals surface area contributed by atoms with Crippen LogP contribution in [0.2, 0.25) is 0 Å². The van der Waals surface area contributed by atoms with Gasteiger partial charge in [-0.15, -0.1) is 0 Å². The van der Waals surface area contributed by atoms with Crippen LogP contribution in [0.1, 0.15) is 27.2 Å². The highest BCUT2D eigenvalue weighted by molar-refractivity contribution is 6.03. The van der Waals surface area contributed by atoms with E-state index in [1.807, 2.05) is 42.2 Å². The zero-order chi connectivity index (χ0) is 24.8. The summed E-state index contributed by atoms with van der Waals surface area (Å²) in [5, 5.41) is 14.3. The number of nitrogens with one attached hydrogen (secondary N) is 1. The fourth-order valence-corrected chi connectivity index (χ4v) is 3.75. The van der Waals surface area contributed by atoms with E-state index in [4.69, 9.17) is 4.74 Å². The van der Waals surface area contributed by atoms with Crippen LogP contribution in [0.15, 0.2) is 66.9 Å². The van der Waals surface area contributed by atoms with Gasteiger partial charge in [0.15, 0.2) is 11.4 Å². The molecule has 2 aromatic heterocycles. The Hall–Kier alpha value is -4.04. The fourth-order valence-electron chi connectivity index (χ4n) is 3.75. The molecule has 0 spiro atoms. The zero-order valence-electron chi connectivity index (χ0n) is 19.7. The molecule has 4 rings (SSSR count). The first kappa shape index (κ1) is 24.1. The highest BCUT2D eigenvalue weighted by Gasteiger charge is 2.23. The van der Waals surface area contributed by atoms with Crippen molar-refractivity contribution in [1.29, 1.82) is 0 Å². The lowest BCUT2D eigenvalue weighted by Crippen LogP contribution is -2.30. The molecular weight excluding hydrogens is 447 g/mol. The number of aromatic hydroxyl groups is 1. The summed E-state index contributed by atoms with van der Waals surface area (Å²) in [5.41, 5.74) is 3.12. The molecule has 0 aliphatic rings. The van der Waals surface area contributed by atoms with E-state index in [9.17, 15) is 14.3 Å². The van der Waals surface area contributed by atoms with Crippen molar-refractivity contribution < 1.29 is 19.0 Å². The monoisotopic (exact) mass is 474 g/mol. The molecule has 0 unspecified atom stereocenters. The molecule has 2 aromatic carbocycles. The van der Waals surface area contributed by atoms with Gasteiger partial charge in [0.05, 0.1) is 6.61 Å². The van der Waals surface area contributed by atoms with Gasteiger partial charge < -0.3 is 20.1 Å². The normalized spacial score (nSPS) is 10.9. The van der Waals surface area contributed by atoms with Gasteiger partial charge in [0, 0.05) is 38.3 Å². The minimum Gasteiger partial charge on any atom is -0.504 e. The molecule has 180 valence electrons. The maximum absolute atomic E-state index is 13.2. The Bertz CT molecular complexity index is 1310. The molecule has 0 aliphatic heterocycles. The van der Waals surface area contributed by atoms with E-state index in [2.05, 4.69) is 15.3 Å². The molecule has 35 heavy (non-hydrogen) atoms. The fraction of sp³-hybridized carbons (Fsp3) is 0.222. The number of hydrogen-bond acceptors (Lipinski definition) is 6. The number of carbonyl (C=O) groups is 1. The standard InChI is InChI=1S/C27H27FN4O3/c1-18-5-7-20(8-6-18)17-32(14-15-35-2)26-22-4-3-13-29-23(22)25(33)24(31-26)27(34)30-16-19-9-11-21(28)12-10-19/h3-13,33H,14-17H2,1-2H3,(H,30,34). The number of carbonyl (C=O) groups excluding carboxylic acids is 1. The molecule has 0 atom stereocenters. The van der Waals surface area contributed by atoms with Crippen molar-refractivity contribution in [1.82, 2.24) is 15.3 Å². The van der Waals surface area contributed by atoms with Gasteiger partial charge in [0.25, 0.3) is 5.91 Å². The zero-order valence-corrected chi connectivity index (χ0v) is 19.7. The van der Waals surface area contributed by atoms with Crippen LogP contribution in [0.25, 0.3) is 10.9 Å². The van der Waals surface area contributed by atoms with Crippen molar-refractivity contribution in [3.05, 3.63) is 95.1 Å². The third-order valence-corrected chi connectivity index (χ3v) is 5.66. The summed E-state index contributed by atoms with van der Waals surface area (Å²) in [7, 11) is 1.63. The average Bonchev–Trinajstić information content (AvgIpc) is 2.88. The van der Waals surface area contributed by atoms with Crippen LogP contribution in [-0.4, -0.2) is 41.2 Å². The number of hydrogen-bond donors (Lipinski definition) is 2. The molecule has 2 N–H and O–H groups in total. The van der Waals surface area contributed by atoms with Crippen LogP contribution in [0.3, 0.4) is 0 Å². The number of aromatic nitrogens is 2. The van der Waals surface area contributed by atoms with E-state index in [-0.39, 0.29) is 29.3 Å². The summed E-state index contributed by atoms with van der Waals surface area (Å²) in [6, 6.07) is 17.6. The number of rotatable bonds is 9. The van der Waals surface area contributed by atoms with E-state index in [0.717, 1.165) is 16.7 Å². The van der Waals surface area contributed by atoms with Gasteiger partial charge in [0.1, 0.15) is 17.2 Å². The van der Waals surface area contributed by atoms with Gasteiger partial charge in [-0.1, -0.05) is 42.0 Å². The number of pyridine rings is 2. The minimum atomic E-state index is -0.553. The van der Waals surface area contributed by atoms with Gasteiger partial charge >= 0.3 is 0 Å². The first-order chi connectivity index (χ1) is 17.0. The molecule has 0 saturated carbocycles. The molecule has 1 amide bonds. The van der Waals surface area contributed by atoms with Gasteiger partial charge in [-0.3, -0.25) is 9.78 Å². The summed E-state index contributed by atoms with van der Waals surface area (Å²) in [4.78, 5) is 24.0. The number of benzene rings is 2. The first-order valence-corrected chi connectivity index (χ1v) is 11.3. The molecule has 0 fully saturated rings. The second-order valence-corrected chi connectivity index (χ2v) is 8.24. The summed E-state index contributed by atoms with van der Waals surface area (Å²) in [6.45, 7) is 3.68. The number of nitrogens with zero attached hydrogens (tertiary/aromatic N) is 3. The topological polar surface area (TPSA) is 87.6 Å². The maximum atomic E-state index is 13.2. The molecule has 8 heteroatoms. The van der Waals surface area contributed by atoms with Crippen molar-refractivity contribution >= 4 is 22.6 Å². The lowest BCUT2D eigenvalue weighted by molar-refractivity contribution is 0.0943. The Morgan fingerprint density at radius 1 is 1.09 bits per heavy atom. The van der Waals surface area contributed by atoms with E-state index in [1.165, 1.54) is 12.1 Å². The third-order valence-electron chi connectivity index (χ3n) is 5.66. The van der Waals surface area contributed by atoms with Gasteiger partial charge in [0.2, 0.25) is 0 Å². The van der Waals surface area contributed by atoms with Crippen molar-refractivity contribution in [2.45, 2.75) is 20.0 Å². The Balaban J connectivity index is 1.70. The minimum absolute atomic E-state index is 0.125. The SMILES string of the molecule is COCCN(Cc1ccc(C)cc1)c1nc(C(=O)NCc2ccc(F)cc2)c(O)c2ncccc12. The van der Waals surface area contributed by atoms with Crippen LogP contribution in [0, 0.1) is 12.7 Å². The van der Waals surface area contributed by atoms with Crippen LogP contribution in [-0.2, 0) is 17.8 Å². The van der Waals surface area contributed by atoms with E-state index in [0.29, 0.717) is 30.9 Å². The summed E-state index contributed by atoms with van der Waals surface area (Å²) < 4.78 is 18.5. The Kier molecular flexibility index (Phi) is 7.52. The van der Waals surface area contributed by atoms with Crippen LogP contribution < -0.4 is 10.2 Å². The molecule has 0 aliphatic carbocycles. The van der Waals surface area contributed by atoms with Crippen LogP contribution in [0.4, 0.5) is 10.2 Å². The third kappa shape index (κ3) is 5.73. The van der Waals surface area contributed by atoms with Crippen molar-refractivity contribution in [2.24, 2.45) is 0 Å². The quantitative estimate of drug-likeness (QED) is 0.375. The largest absolute Gasteiger partial charge is 0.504 e. The lowest BCUT2D eigenvalue weighted by atomic mass is 10.1. The number of fused-ring (bicyclic) bond motifs is 1. The first-order valence-electron chi connectivity index (χ1n) is 11.3. The number of amides is 1. The Morgan fingerprint density at radius 3 is 2.51 bits per heavy atom. The molecular formula is C27H27FN4O3. The number of methoxy groups -OCH3 is 1. The lowest BCUT2D eigenvalue weighted by Gasteiger charge is -2.26. The van der Waals surface area contributed by atoms with E-state index >= 15 is 0 Å². The Morgan fingerprint density at radius 2 is 1.80 bits per heavy atom. The molecule has 0 bridgehead atoms. The maximum Gasteiger partial charge on any atom is 0.274 e. The predicted molar refractivity (Wildman–Crippen MR) is 133 cm³/mol. The van der Waals surface area contributed by atoms with Gasteiger partial charge in [-0.2, -0.15) is 0 Å². The highest BCUT2D eigenvalue weighted by atomic mass is 19.1. The highest BCUT2D eigenvalue weighted by Crippen LogP contribution is 2.33. The van der Waals surface area contributed by atoms with Gasteiger partial charge in [-0.05, 0) is 42.3 Å². The predicted octanol–water partition coefficient (Wildman–Crippen LogP) is 4.37. The van der Waals surface area contributed by atoms with Crippen molar-refractivity contribution in [3.63, 3.8) is 0 Å². The van der Waals surface area contributed by atoms with Gasteiger partial charge in [-0.25, -0.2) is 9.37 Å². The summed E-state index contributed by atoms with van der Waals surface area (Å²) in [5.74, 6) is -0.671. The van der Waals surface area contributed by atoms with Crippen LogP contribution >= 0.6 is 0 Å². The number of halogens is 1. The average molecular weight is 475 g/mol. The molecule has 0 radical (unpaired) electrons. The number of aryl methyl sites for hydroxylation is 1. The number of ether oxygens (including phenoxy) is 1. The smallest absolute Gasteiger partial charge is 0.274 e. The van der Waals surface area contributed by atoms with Crippen LogP contribution in [0.5, 0.6) is 5.75 Å². The molecule has 4 aromatic rings. The molecule has 2 heterocycles. The molecule has 7 nitrogen and oxygen atoms in total. The second-order valence-electron chi connectivity index (χ2n) is 8.24. The molecule has 0 saturated heterocycles. The second kappa shape index (κ2) is 10.9. The Labute approximate surface area is 203 Å². The van der Waals surface area contributed by atoms with E-state index in [1.54, 1.807) is 31.5 Å². The van der Waals surface area contributed by atoms with E-state index < -0.39 is 5.91 Å². The summed E-state index contributed by atoms with van der Waals surface area (Å²) in [6.07, 6.45) is 1.56. The summed E-state index contributed by atoms with van der Waals surface area (Å²) >= 11 is 0. The van der Waals surface area contributed by atoms with Crippen molar-refractivity contribution in [2.75, 3.05) is 25.2 Å².